The van der Waals surface area contributed by atoms with Gasteiger partial charge < -0.3 is 0 Å². The van der Waals surface area contributed by atoms with Gasteiger partial charge in [-0.2, -0.15) is 0 Å². The molecule has 0 heterocycles. The molecule has 0 spiro atoms. The highest BCUT2D eigenvalue weighted by atomic mass is 79.9. The largest absolute Gasteiger partial charge is 0.0882 e. The summed E-state index contributed by atoms with van der Waals surface area (Å²) in [5.74, 6) is 0. The number of unbranched alkanes of at least 4 members (excludes halogenated alkanes) is 11. The maximum atomic E-state index is 3.72. The lowest BCUT2D eigenvalue weighted by Gasteiger charge is -2.11. The Kier molecular flexibility index (Phi) is 16.1. The fourth-order valence-corrected chi connectivity index (χ4v) is 3.00. The molecule has 0 fully saturated rings. The van der Waals surface area contributed by atoms with Crippen LogP contribution >= 0.6 is 31.9 Å². The second kappa shape index (κ2) is 15.4. The fourth-order valence-electron chi connectivity index (χ4n) is 2.41. The van der Waals surface area contributed by atoms with Crippen LogP contribution in [0, 0.1) is 0 Å². The highest BCUT2D eigenvalue weighted by molar-refractivity contribution is 9.12. The summed E-state index contributed by atoms with van der Waals surface area (Å²) < 4.78 is 0. The Labute approximate surface area is 138 Å². The van der Waals surface area contributed by atoms with Gasteiger partial charge in [-0.05, 0) is 6.42 Å². The van der Waals surface area contributed by atoms with E-state index in [0.717, 1.165) is 0 Å². The lowest BCUT2D eigenvalue weighted by atomic mass is 10.0. The van der Waals surface area contributed by atoms with Gasteiger partial charge in [0.2, 0.25) is 0 Å². The maximum absolute atomic E-state index is 3.72. The molecule has 0 saturated heterocycles. The van der Waals surface area contributed by atoms with Gasteiger partial charge in [0.25, 0.3) is 0 Å². The molecule has 0 aliphatic carbocycles. The highest BCUT2D eigenvalue weighted by Gasteiger charge is 2.09. The standard InChI is InChI=1S/C17H34Br2/c1-3-4-5-6-7-8-9-10-11-12-13-14-15-17(19)16(2)18/h16-17H,3-15H2,1-2H3. The summed E-state index contributed by atoms with van der Waals surface area (Å²) in [6, 6.07) is 0. The van der Waals surface area contributed by atoms with Gasteiger partial charge in [0, 0.05) is 9.65 Å². The first-order chi connectivity index (χ1) is 9.18. The fraction of sp³-hybridized carbons (Fsp3) is 1.00. The van der Waals surface area contributed by atoms with Crippen LogP contribution in [0.15, 0.2) is 0 Å². The van der Waals surface area contributed by atoms with E-state index in [2.05, 4.69) is 45.7 Å². The van der Waals surface area contributed by atoms with E-state index in [1.165, 1.54) is 83.5 Å². The third kappa shape index (κ3) is 15.2. The summed E-state index contributed by atoms with van der Waals surface area (Å²) >= 11 is 7.35. The first-order valence-corrected chi connectivity index (χ1v) is 10.3. The third-order valence-electron chi connectivity index (χ3n) is 3.83. The number of alkyl halides is 2. The lowest BCUT2D eigenvalue weighted by Crippen LogP contribution is -2.08. The van der Waals surface area contributed by atoms with Gasteiger partial charge in [0.1, 0.15) is 0 Å². The highest BCUT2D eigenvalue weighted by Crippen LogP contribution is 2.20. The van der Waals surface area contributed by atoms with Crippen molar-refractivity contribution in [1.82, 2.24) is 0 Å². The van der Waals surface area contributed by atoms with E-state index < -0.39 is 0 Å². The number of halogens is 2. The molecule has 0 aromatic heterocycles. The molecule has 116 valence electrons. The molecule has 0 bridgehead atoms. The van der Waals surface area contributed by atoms with Crippen molar-refractivity contribution in [3.05, 3.63) is 0 Å². The Balaban J connectivity index is 3.03. The molecule has 0 amide bonds. The van der Waals surface area contributed by atoms with E-state index in [0.29, 0.717) is 9.65 Å². The maximum Gasteiger partial charge on any atom is 0.0268 e. The molecule has 0 N–H and O–H groups in total. The second-order valence-electron chi connectivity index (χ2n) is 5.87. The summed E-state index contributed by atoms with van der Waals surface area (Å²) in [7, 11) is 0. The second-order valence-corrected chi connectivity index (χ2v) is 8.49. The third-order valence-corrected chi connectivity index (χ3v) is 6.43. The minimum Gasteiger partial charge on any atom is -0.0882 e. The molecule has 0 rings (SSSR count). The molecule has 0 aliphatic rings. The monoisotopic (exact) mass is 396 g/mol. The van der Waals surface area contributed by atoms with Crippen LogP contribution in [0.3, 0.4) is 0 Å². The van der Waals surface area contributed by atoms with Gasteiger partial charge >= 0.3 is 0 Å². The van der Waals surface area contributed by atoms with Gasteiger partial charge in [-0.1, -0.05) is 123 Å². The summed E-state index contributed by atoms with van der Waals surface area (Å²) in [6.45, 7) is 4.51. The molecule has 2 heteroatoms. The molecular formula is C17H34Br2. The van der Waals surface area contributed by atoms with Gasteiger partial charge in [0.15, 0.2) is 0 Å². The zero-order valence-electron chi connectivity index (χ0n) is 13.1. The molecular weight excluding hydrogens is 364 g/mol. The molecule has 0 aromatic carbocycles. The molecule has 0 radical (unpaired) electrons. The molecule has 2 atom stereocenters. The van der Waals surface area contributed by atoms with Gasteiger partial charge in [-0.25, -0.2) is 0 Å². The molecule has 0 nitrogen and oxygen atoms in total. The summed E-state index contributed by atoms with van der Waals surface area (Å²) in [5, 5.41) is 0. The number of hydrogen-bond donors (Lipinski definition) is 0. The summed E-state index contributed by atoms with van der Waals surface area (Å²) in [6.07, 6.45) is 18.6. The van der Waals surface area contributed by atoms with Crippen LogP contribution in [-0.4, -0.2) is 9.65 Å². The Morgan fingerprint density at radius 3 is 1.37 bits per heavy atom. The summed E-state index contributed by atoms with van der Waals surface area (Å²) in [4.78, 5) is 1.25. The average molecular weight is 398 g/mol. The van der Waals surface area contributed by atoms with E-state index in [1.807, 2.05) is 0 Å². The Morgan fingerprint density at radius 2 is 1.00 bits per heavy atom. The van der Waals surface area contributed by atoms with Crippen molar-refractivity contribution >= 4 is 31.9 Å². The van der Waals surface area contributed by atoms with Crippen LogP contribution in [0.1, 0.15) is 97.3 Å². The van der Waals surface area contributed by atoms with Crippen molar-refractivity contribution in [1.29, 1.82) is 0 Å². The average Bonchev–Trinajstić information content (AvgIpc) is 2.39. The van der Waals surface area contributed by atoms with Crippen LogP contribution in [-0.2, 0) is 0 Å². The number of hydrogen-bond acceptors (Lipinski definition) is 0. The van der Waals surface area contributed by atoms with Crippen molar-refractivity contribution in [2.24, 2.45) is 0 Å². The van der Waals surface area contributed by atoms with Crippen LogP contribution in [0.4, 0.5) is 0 Å². The molecule has 2 unspecified atom stereocenters. The minimum absolute atomic E-state index is 0.597. The molecule has 0 saturated carbocycles. The normalized spacial score (nSPS) is 14.5. The molecule has 0 aromatic rings. The van der Waals surface area contributed by atoms with Crippen molar-refractivity contribution in [2.75, 3.05) is 0 Å². The lowest BCUT2D eigenvalue weighted by molar-refractivity contribution is 0.538. The van der Waals surface area contributed by atoms with Crippen LogP contribution in [0.2, 0.25) is 0 Å². The SMILES string of the molecule is CCCCCCCCCCCCCCC(Br)C(C)Br. The Morgan fingerprint density at radius 1 is 0.632 bits per heavy atom. The van der Waals surface area contributed by atoms with Crippen molar-refractivity contribution in [3.8, 4) is 0 Å². The van der Waals surface area contributed by atoms with Crippen LogP contribution in [0.25, 0.3) is 0 Å². The van der Waals surface area contributed by atoms with Crippen molar-refractivity contribution in [2.45, 2.75) is 107 Å². The van der Waals surface area contributed by atoms with Crippen LogP contribution < -0.4 is 0 Å². The first kappa shape index (κ1) is 20.0. The van der Waals surface area contributed by atoms with Gasteiger partial charge in [0.05, 0.1) is 0 Å². The van der Waals surface area contributed by atoms with E-state index in [-0.39, 0.29) is 0 Å². The quantitative estimate of drug-likeness (QED) is 0.209. The van der Waals surface area contributed by atoms with Crippen molar-refractivity contribution in [3.63, 3.8) is 0 Å². The van der Waals surface area contributed by atoms with Gasteiger partial charge in [-0.3, -0.25) is 0 Å². The van der Waals surface area contributed by atoms with E-state index >= 15 is 0 Å². The first-order valence-electron chi connectivity index (χ1n) is 8.46. The predicted molar refractivity (Wildman–Crippen MR) is 96.8 cm³/mol. The zero-order chi connectivity index (χ0) is 14.3. The predicted octanol–water partition coefficient (Wildman–Crippen LogP) is 7.62. The van der Waals surface area contributed by atoms with Crippen molar-refractivity contribution < 1.29 is 0 Å². The van der Waals surface area contributed by atoms with E-state index in [4.69, 9.17) is 0 Å². The molecule has 19 heavy (non-hydrogen) atoms. The van der Waals surface area contributed by atoms with Crippen LogP contribution in [0.5, 0.6) is 0 Å². The van der Waals surface area contributed by atoms with Gasteiger partial charge in [-0.15, -0.1) is 0 Å². The zero-order valence-corrected chi connectivity index (χ0v) is 16.3. The summed E-state index contributed by atoms with van der Waals surface area (Å²) in [5.41, 5.74) is 0. The topological polar surface area (TPSA) is 0 Å². The number of rotatable bonds is 14. The Bertz CT molecular complexity index is 169. The smallest absolute Gasteiger partial charge is 0.0268 e. The Hall–Kier alpha value is 0.960. The molecule has 0 aliphatic heterocycles. The van der Waals surface area contributed by atoms with E-state index in [1.54, 1.807) is 0 Å². The minimum atomic E-state index is 0.597. The van der Waals surface area contributed by atoms with E-state index in [9.17, 15) is 0 Å².